The normalized spacial score (nSPS) is 16.9. The molecule has 4 heterocycles. The lowest BCUT2D eigenvalue weighted by atomic mass is 10.1. The molecule has 0 bridgehead atoms. The predicted octanol–water partition coefficient (Wildman–Crippen LogP) is 5.13. The number of rotatable bonds is 4. The quantitative estimate of drug-likeness (QED) is 0.182. The van der Waals surface area contributed by atoms with Gasteiger partial charge in [-0.25, -0.2) is 0 Å². The zero-order valence-electron chi connectivity index (χ0n) is 24.4. The van der Waals surface area contributed by atoms with Crippen LogP contribution in [0, 0.1) is 10.8 Å². The lowest BCUT2D eigenvalue weighted by Crippen LogP contribution is -2.47. The first-order valence-corrected chi connectivity index (χ1v) is 14.8. The lowest BCUT2D eigenvalue weighted by Gasteiger charge is -2.34. The van der Waals surface area contributed by atoms with Gasteiger partial charge in [0.25, 0.3) is 0 Å². The van der Waals surface area contributed by atoms with Crippen LogP contribution in [0.5, 0.6) is 0 Å². The number of benzene rings is 3. The number of nitrogens with zero attached hydrogens (tertiary/aromatic N) is 4. The van der Waals surface area contributed by atoms with Crippen LogP contribution >= 0.6 is 0 Å². The molecule has 0 saturated carbocycles. The van der Waals surface area contributed by atoms with Gasteiger partial charge in [-0.05, 0) is 49.5 Å². The molecule has 0 radical (unpaired) electrons. The Morgan fingerprint density at radius 2 is 0.905 bits per heavy atom. The number of piperazine rings is 2. The van der Waals surface area contributed by atoms with Gasteiger partial charge >= 0.3 is 0 Å². The molecule has 0 amide bonds. The summed E-state index contributed by atoms with van der Waals surface area (Å²) in [5.41, 5.74) is 8.42. The van der Waals surface area contributed by atoms with Crippen LogP contribution in [0.15, 0.2) is 72.8 Å². The Balaban J connectivity index is 1.08. The largest absolute Gasteiger partial charge is 0.355 e. The number of fused-ring (bicyclic) bond motifs is 2. The summed E-state index contributed by atoms with van der Waals surface area (Å²) in [6.07, 6.45) is 0. The zero-order chi connectivity index (χ0) is 28.8. The summed E-state index contributed by atoms with van der Waals surface area (Å²) in [6, 6.07) is 25.6. The van der Waals surface area contributed by atoms with E-state index in [1.54, 1.807) is 0 Å². The summed E-state index contributed by atoms with van der Waals surface area (Å²) in [4.78, 5) is 16.1. The van der Waals surface area contributed by atoms with Crippen molar-refractivity contribution in [2.75, 3.05) is 66.5 Å². The number of likely N-dealkylation sites (N-methyl/N-ethyl adjacent to an activating group) is 2. The molecule has 8 heteroatoms. The number of nitrogens with one attached hydrogen (secondary N) is 4. The fourth-order valence-electron chi connectivity index (χ4n) is 6.11. The van der Waals surface area contributed by atoms with Crippen LogP contribution in [-0.2, 0) is 0 Å². The molecule has 0 aliphatic carbocycles. The van der Waals surface area contributed by atoms with Crippen molar-refractivity contribution in [3.8, 4) is 22.5 Å². The highest BCUT2D eigenvalue weighted by molar-refractivity contribution is 6.01. The molecule has 3 aromatic carbocycles. The van der Waals surface area contributed by atoms with Gasteiger partial charge < -0.3 is 29.6 Å². The number of aromatic amines is 2. The Labute approximate surface area is 246 Å². The number of hydrogen-bond acceptors (Lipinski definition) is 4. The Morgan fingerprint density at radius 3 is 1.29 bits per heavy atom. The van der Waals surface area contributed by atoms with Gasteiger partial charge in [0.15, 0.2) is 0 Å². The second kappa shape index (κ2) is 10.8. The number of hydrogen-bond donors (Lipinski definition) is 4. The van der Waals surface area contributed by atoms with E-state index >= 15 is 0 Å². The first kappa shape index (κ1) is 26.5. The molecule has 214 valence electrons. The average Bonchev–Trinajstić information content (AvgIpc) is 3.65. The van der Waals surface area contributed by atoms with E-state index in [9.17, 15) is 0 Å². The first-order valence-electron chi connectivity index (χ1n) is 14.8. The molecule has 2 fully saturated rings. The van der Waals surface area contributed by atoms with E-state index < -0.39 is 0 Å². The van der Waals surface area contributed by atoms with Gasteiger partial charge in [-0.1, -0.05) is 48.5 Å². The summed E-state index contributed by atoms with van der Waals surface area (Å²) in [5.74, 6) is 1.21. The molecule has 8 nitrogen and oxygen atoms in total. The Bertz CT molecular complexity index is 1630. The van der Waals surface area contributed by atoms with Crippen LogP contribution < -0.4 is 0 Å². The van der Waals surface area contributed by atoms with Crippen LogP contribution in [0.25, 0.3) is 44.3 Å². The molecule has 2 aliphatic heterocycles. The maximum Gasteiger partial charge on any atom is 0.128 e. The third-order valence-corrected chi connectivity index (χ3v) is 8.94. The van der Waals surface area contributed by atoms with Crippen molar-refractivity contribution in [2.45, 2.75) is 0 Å². The molecule has 5 aromatic rings. The van der Waals surface area contributed by atoms with Crippen molar-refractivity contribution in [1.29, 1.82) is 10.8 Å². The lowest BCUT2D eigenvalue weighted by molar-refractivity contribution is 0.215. The van der Waals surface area contributed by atoms with Crippen molar-refractivity contribution in [3.63, 3.8) is 0 Å². The van der Waals surface area contributed by atoms with E-state index in [0.717, 1.165) is 108 Å². The Morgan fingerprint density at radius 1 is 0.524 bits per heavy atom. The molecule has 0 atom stereocenters. The van der Waals surface area contributed by atoms with Crippen LogP contribution in [0.3, 0.4) is 0 Å². The Hall–Kier alpha value is -4.40. The van der Waals surface area contributed by atoms with E-state index in [0.29, 0.717) is 11.7 Å². The molecular weight excluding hydrogens is 520 g/mol. The molecule has 4 N–H and O–H groups in total. The third kappa shape index (κ3) is 5.08. The van der Waals surface area contributed by atoms with Crippen LogP contribution in [-0.4, -0.2) is 108 Å². The van der Waals surface area contributed by atoms with E-state index in [4.69, 9.17) is 10.8 Å². The fraction of sp³-hybridized carbons (Fsp3) is 0.294. The average molecular weight is 559 g/mol. The zero-order valence-corrected chi connectivity index (χ0v) is 24.4. The minimum atomic E-state index is 0.604. The molecule has 7 rings (SSSR count). The van der Waals surface area contributed by atoms with Crippen molar-refractivity contribution in [2.24, 2.45) is 0 Å². The summed E-state index contributed by atoms with van der Waals surface area (Å²) in [5, 5.41) is 19.8. The molecule has 0 spiro atoms. The monoisotopic (exact) mass is 558 g/mol. The van der Waals surface area contributed by atoms with Gasteiger partial charge in [0.05, 0.1) is 0 Å². The third-order valence-electron chi connectivity index (χ3n) is 8.94. The SMILES string of the molecule is CN1CCN(C(=N)c2ccc3cc(-c4ccc(-c5cc6ccc(C(=N)N7CCN(C)CC7)cc6[nH]5)cc4)[nH]c3c2)CC1. The van der Waals surface area contributed by atoms with Gasteiger partial charge in [0.1, 0.15) is 11.7 Å². The maximum atomic E-state index is 8.74. The summed E-state index contributed by atoms with van der Waals surface area (Å²) in [6.45, 7) is 7.56. The highest BCUT2D eigenvalue weighted by Gasteiger charge is 2.19. The second-order valence-electron chi connectivity index (χ2n) is 11.8. The minimum Gasteiger partial charge on any atom is -0.355 e. The molecule has 2 saturated heterocycles. The van der Waals surface area contributed by atoms with Crippen molar-refractivity contribution >= 4 is 33.5 Å². The van der Waals surface area contributed by atoms with Gasteiger partial charge in [-0.3, -0.25) is 10.8 Å². The summed E-state index contributed by atoms with van der Waals surface area (Å²) >= 11 is 0. The number of H-pyrrole nitrogens is 2. The predicted molar refractivity (Wildman–Crippen MR) is 173 cm³/mol. The summed E-state index contributed by atoms with van der Waals surface area (Å²) < 4.78 is 0. The van der Waals surface area contributed by atoms with Gasteiger partial charge in [0.2, 0.25) is 0 Å². The van der Waals surface area contributed by atoms with E-state index in [1.165, 1.54) is 0 Å². The maximum absolute atomic E-state index is 8.74. The topological polar surface area (TPSA) is 92.2 Å². The van der Waals surface area contributed by atoms with Crippen LogP contribution in [0.1, 0.15) is 11.1 Å². The Kier molecular flexibility index (Phi) is 6.80. The van der Waals surface area contributed by atoms with Crippen LogP contribution in [0.2, 0.25) is 0 Å². The van der Waals surface area contributed by atoms with E-state index in [2.05, 4.69) is 116 Å². The minimum absolute atomic E-state index is 0.604. The first-order chi connectivity index (χ1) is 20.4. The van der Waals surface area contributed by atoms with E-state index in [1.807, 2.05) is 0 Å². The van der Waals surface area contributed by atoms with E-state index in [-0.39, 0.29) is 0 Å². The van der Waals surface area contributed by atoms with Gasteiger partial charge in [0, 0.05) is 96.7 Å². The molecule has 2 aromatic heterocycles. The molecule has 42 heavy (non-hydrogen) atoms. The summed E-state index contributed by atoms with van der Waals surface area (Å²) in [7, 11) is 4.28. The molecular formula is C34H38N8. The smallest absolute Gasteiger partial charge is 0.128 e. The number of aromatic nitrogens is 2. The molecule has 2 aliphatic rings. The molecule has 0 unspecified atom stereocenters. The van der Waals surface area contributed by atoms with Gasteiger partial charge in [-0.15, -0.1) is 0 Å². The fourth-order valence-corrected chi connectivity index (χ4v) is 6.11. The number of amidine groups is 2. The van der Waals surface area contributed by atoms with Crippen molar-refractivity contribution in [3.05, 3.63) is 83.9 Å². The standard InChI is InChI=1S/C34H38N8/c1-39-11-15-41(16-12-39)33(35)27-9-7-25-19-29(37-31(25)21-27)23-3-5-24(6-4-23)30-20-26-8-10-28(22-32(26)38-30)34(36)42-17-13-40(2)14-18-42/h3-10,19-22,35-38H,11-18H2,1-2H3. The van der Waals surface area contributed by atoms with Crippen molar-refractivity contribution in [1.82, 2.24) is 29.6 Å². The highest BCUT2D eigenvalue weighted by atomic mass is 15.3. The second-order valence-corrected chi connectivity index (χ2v) is 11.8. The van der Waals surface area contributed by atoms with Crippen molar-refractivity contribution < 1.29 is 0 Å². The van der Waals surface area contributed by atoms with Gasteiger partial charge in [-0.2, -0.15) is 0 Å². The van der Waals surface area contributed by atoms with Crippen LogP contribution in [0.4, 0.5) is 0 Å². The highest BCUT2D eigenvalue weighted by Crippen LogP contribution is 2.30.